The topological polar surface area (TPSA) is 40.5 Å². The molecule has 0 fully saturated rings. The fraction of sp³-hybridized carbons (Fsp3) is 0.435. The lowest BCUT2D eigenvalue weighted by molar-refractivity contribution is -0.138. The summed E-state index contributed by atoms with van der Waals surface area (Å²) < 4.78 is 0. The molecule has 2 aromatic carbocycles. The number of benzene rings is 2. The second-order valence-corrected chi connectivity index (χ2v) is 20.6. The molecule has 1 N–H and O–H groups in total. The first-order valence-electron chi connectivity index (χ1n) is 10.2. The van der Waals surface area contributed by atoms with Gasteiger partial charge < -0.3 is 10.0 Å². The molecule has 0 aliphatic rings. The molecule has 6 heteroatoms. The van der Waals surface area contributed by atoms with Gasteiger partial charge in [-0.3, -0.25) is 0 Å². The van der Waals surface area contributed by atoms with E-state index in [2.05, 4.69) is 80.6 Å². The number of carboxylic acids is 1. The van der Waals surface area contributed by atoms with Crippen LogP contribution in [0.15, 0.2) is 48.5 Å². The quantitative estimate of drug-likeness (QED) is 0.544. The Bertz CT molecular complexity index is 786. The predicted molar refractivity (Wildman–Crippen MR) is 135 cm³/mol. The second kappa shape index (κ2) is 9.54. The van der Waals surface area contributed by atoms with Gasteiger partial charge in [-0.05, 0) is 40.9 Å². The fourth-order valence-electron chi connectivity index (χ4n) is 3.69. The highest BCUT2D eigenvalue weighted by Crippen LogP contribution is 2.30. The van der Waals surface area contributed by atoms with Crippen molar-refractivity contribution in [3.05, 3.63) is 48.5 Å². The zero-order valence-electron chi connectivity index (χ0n) is 18.8. The molecule has 0 aromatic heterocycles. The van der Waals surface area contributed by atoms with Crippen LogP contribution in [0.4, 0.5) is 11.4 Å². The molecule has 158 valence electrons. The first kappa shape index (κ1) is 23.8. The minimum absolute atomic E-state index is 0.586. The number of nitrogens with zero attached hydrogens (tertiary/aromatic N) is 1. The minimum atomic E-state index is -1.68. The Morgan fingerprint density at radius 3 is 1.66 bits per heavy atom. The molecule has 0 bridgehead atoms. The molecule has 0 radical (unpaired) electrons. The molecule has 0 heterocycles. The van der Waals surface area contributed by atoms with Crippen LogP contribution in [0.2, 0.25) is 39.3 Å². The first-order valence-corrected chi connectivity index (χ1v) is 18.6. The molecule has 0 spiro atoms. The SMILES string of the molecule is CSCC[C@@H](C(=O)O)N(c1ccccc1[Si](C)(C)C)c1ccccc1[Si](C)(C)C. The number of para-hydroxylation sites is 2. The molecule has 2 rings (SSSR count). The average molecular weight is 446 g/mol. The zero-order chi connectivity index (χ0) is 21.8. The van der Waals surface area contributed by atoms with E-state index in [4.69, 9.17) is 0 Å². The van der Waals surface area contributed by atoms with Crippen LogP contribution in [0, 0.1) is 0 Å². The summed E-state index contributed by atoms with van der Waals surface area (Å²) in [6.07, 6.45) is 2.64. The number of thioether (sulfide) groups is 1. The van der Waals surface area contributed by atoms with Crippen molar-refractivity contribution < 1.29 is 9.90 Å². The standard InChI is InChI=1S/C23H35NO2SSi2/c1-27-17-16-20(23(25)26)24(18-12-8-10-14-21(18)28(2,3)4)19-13-9-11-15-22(19)29(5,6)7/h8-15,20H,16-17H2,1-7H3,(H,25,26)/t20-/m0/s1. The summed E-state index contributed by atoms with van der Waals surface area (Å²) in [5.74, 6) is 0.0623. The van der Waals surface area contributed by atoms with Crippen LogP contribution in [0.5, 0.6) is 0 Å². The van der Waals surface area contributed by atoms with E-state index >= 15 is 0 Å². The average Bonchev–Trinajstić information content (AvgIpc) is 2.63. The third-order valence-corrected chi connectivity index (χ3v) is 9.86. The predicted octanol–water partition coefficient (Wildman–Crippen LogP) is 5.12. The Morgan fingerprint density at radius 1 is 0.897 bits per heavy atom. The van der Waals surface area contributed by atoms with Crippen molar-refractivity contribution >= 4 is 55.6 Å². The highest BCUT2D eigenvalue weighted by atomic mass is 32.2. The van der Waals surface area contributed by atoms with Crippen molar-refractivity contribution in [3.63, 3.8) is 0 Å². The number of carboxylic acid groups (broad SMARTS) is 1. The normalized spacial score (nSPS) is 13.2. The van der Waals surface area contributed by atoms with Crippen LogP contribution in [0.1, 0.15) is 6.42 Å². The maximum Gasteiger partial charge on any atom is 0.326 e. The van der Waals surface area contributed by atoms with Crippen molar-refractivity contribution in [3.8, 4) is 0 Å². The van der Waals surface area contributed by atoms with Crippen molar-refractivity contribution in [2.75, 3.05) is 16.9 Å². The lowest BCUT2D eigenvalue weighted by Gasteiger charge is -2.38. The number of rotatable bonds is 9. The van der Waals surface area contributed by atoms with Crippen LogP contribution in [0.25, 0.3) is 0 Å². The molecule has 0 amide bonds. The molecule has 0 aliphatic carbocycles. The third kappa shape index (κ3) is 5.77. The maximum absolute atomic E-state index is 12.5. The van der Waals surface area contributed by atoms with Gasteiger partial charge in [0.15, 0.2) is 0 Å². The number of hydrogen-bond donors (Lipinski definition) is 1. The molecule has 29 heavy (non-hydrogen) atoms. The Balaban J connectivity index is 2.82. The lowest BCUT2D eigenvalue weighted by Crippen LogP contribution is -2.49. The van der Waals surface area contributed by atoms with Crippen molar-refractivity contribution in [2.24, 2.45) is 0 Å². The number of anilines is 2. The Hall–Kier alpha value is -1.51. The Labute approximate surface area is 182 Å². The van der Waals surface area contributed by atoms with Crippen LogP contribution >= 0.6 is 11.8 Å². The highest BCUT2D eigenvalue weighted by Gasteiger charge is 2.34. The highest BCUT2D eigenvalue weighted by molar-refractivity contribution is 7.98. The Morgan fingerprint density at radius 2 is 1.31 bits per heavy atom. The summed E-state index contributed by atoms with van der Waals surface area (Å²) >= 11 is 1.70. The maximum atomic E-state index is 12.5. The van der Waals surface area contributed by atoms with E-state index < -0.39 is 28.2 Å². The smallest absolute Gasteiger partial charge is 0.326 e. The van der Waals surface area contributed by atoms with Crippen LogP contribution in [-0.2, 0) is 4.79 Å². The van der Waals surface area contributed by atoms with Gasteiger partial charge in [0.2, 0.25) is 0 Å². The molecule has 0 unspecified atom stereocenters. The monoisotopic (exact) mass is 445 g/mol. The van der Waals surface area contributed by atoms with E-state index in [0.717, 1.165) is 17.1 Å². The van der Waals surface area contributed by atoms with E-state index in [1.54, 1.807) is 11.8 Å². The summed E-state index contributed by atoms with van der Waals surface area (Å²) in [5, 5.41) is 12.9. The van der Waals surface area contributed by atoms with Crippen molar-refractivity contribution in [1.29, 1.82) is 0 Å². The first-order chi connectivity index (χ1) is 13.5. The van der Waals surface area contributed by atoms with Crippen LogP contribution in [-0.4, -0.2) is 45.3 Å². The van der Waals surface area contributed by atoms with Gasteiger partial charge in [0.1, 0.15) is 6.04 Å². The molecule has 0 saturated heterocycles. The lowest BCUT2D eigenvalue weighted by atomic mass is 10.1. The number of hydrogen-bond acceptors (Lipinski definition) is 3. The van der Waals surface area contributed by atoms with E-state index in [1.165, 1.54) is 10.4 Å². The minimum Gasteiger partial charge on any atom is -0.480 e. The van der Waals surface area contributed by atoms with Crippen molar-refractivity contribution in [2.45, 2.75) is 51.7 Å². The van der Waals surface area contributed by atoms with E-state index in [9.17, 15) is 9.90 Å². The number of aliphatic carboxylic acids is 1. The van der Waals surface area contributed by atoms with Gasteiger partial charge in [0.05, 0.1) is 16.1 Å². The fourth-order valence-corrected chi connectivity index (χ4v) is 7.29. The van der Waals surface area contributed by atoms with Crippen LogP contribution < -0.4 is 15.3 Å². The molecular weight excluding hydrogens is 410 g/mol. The van der Waals surface area contributed by atoms with Gasteiger partial charge in [-0.2, -0.15) is 11.8 Å². The summed E-state index contributed by atoms with van der Waals surface area (Å²) in [5.41, 5.74) is 2.12. The largest absolute Gasteiger partial charge is 0.480 e. The van der Waals surface area contributed by atoms with Gasteiger partial charge in [-0.1, -0.05) is 75.7 Å². The van der Waals surface area contributed by atoms with E-state index in [0.29, 0.717) is 6.42 Å². The van der Waals surface area contributed by atoms with Crippen molar-refractivity contribution in [1.82, 2.24) is 0 Å². The van der Waals surface area contributed by atoms with Gasteiger partial charge in [0.25, 0.3) is 0 Å². The summed E-state index contributed by atoms with van der Waals surface area (Å²) in [6.45, 7) is 14.0. The molecule has 1 atom stereocenters. The third-order valence-electron chi connectivity index (χ3n) is 5.14. The van der Waals surface area contributed by atoms with Gasteiger partial charge in [-0.25, -0.2) is 4.79 Å². The van der Waals surface area contributed by atoms with Crippen LogP contribution in [0.3, 0.4) is 0 Å². The molecule has 0 aliphatic heterocycles. The van der Waals surface area contributed by atoms with Gasteiger partial charge in [-0.15, -0.1) is 0 Å². The number of carbonyl (C=O) groups is 1. The molecule has 0 saturated carbocycles. The molecule has 3 nitrogen and oxygen atoms in total. The van der Waals surface area contributed by atoms with Gasteiger partial charge in [0, 0.05) is 11.4 Å². The molecular formula is C23H35NO2SSi2. The summed E-state index contributed by atoms with van der Waals surface area (Å²) in [4.78, 5) is 14.6. The summed E-state index contributed by atoms with van der Waals surface area (Å²) in [7, 11) is -3.35. The van der Waals surface area contributed by atoms with Gasteiger partial charge >= 0.3 is 5.97 Å². The van der Waals surface area contributed by atoms with E-state index in [-0.39, 0.29) is 0 Å². The molecule has 2 aromatic rings. The zero-order valence-corrected chi connectivity index (χ0v) is 21.6. The second-order valence-electron chi connectivity index (χ2n) is 9.54. The Kier molecular flexibility index (Phi) is 7.82. The summed E-state index contributed by atoms with van der Waals surface area (Å²) in [6, 6.07) is 16.3. The van der Waals surface area contributed by atoms with E-state index in [1.807, 2.05) is 18.4 Å².